The monoisotopic (exact) mass is 245 g/mol. The summed E-state index contributed by atoms with van der Waals surface area (Å²) in [5.41, 5.74) is -0.514. The van der Waals surface area contributed by atoms with Crippen LogP contribution in [0.2, 0.25) is 0 Å². The lowest BCUT2D eigenvalue weighted by Gasteiger charge is -2.24. The van der Waals surface area contributed by atoms with Gasteiger partial charge in [0.2, 0.25) is 0 Å². The van der Waals surface area contributed by atoms with Crippen LogP contribution >= 0.6 is 0 Å². The second kappa shape index (κ2) is 6.47. The molecule has 0 unspecified atom stereocenters. The zero-order chi connectivity index (χ0) is 13.6. The summed E-state index contributed by atoms with van der Waals surface area (Å²) in [7, 11) is 1.61. The molecule has 17 heavy (non-hydrogen) atoms. The van der Waals surface area contributed by atoms with Crippen LogP contribution in [0.25, 0.3) is 0 Å². The maximum Gasteiger partial charge on any atom is 0.410 e. The van der Waals surface area contributed by atoms with Crippen molar-refractivity contribution in [2.24, 2.45) is 5.92 Å². The second-order valence-corrected chi connectivity index (χ2v) is 5.22. The van der Waals surface area contributed by atoms with Gasteiger partial charge in [0.05, 0.1) is 12.5 Å². The van der Waals surface area contributed by atoms with E-state index in [0.717, 1.165) is 0 Å². The van der Waals surface area contributed by atoms with Crippen molar-refractivity contribution in [1.82, 2.24) is 4.90 Å². The van der Waals surface area contributed by atoms with Crippen molar-refractivity contribution in [2.45, 2.75) is 40.2 Å². The van der Waals surface area contributed by atoms with Crippen molar-refractivity contribution in [2.75, 3.05) is 20.2 Å². The zero-order valence-electron chi connectivity index (χ0n) is 11.6. The maximum absolute atomic E-state index is 11.5. The summed E-state index contributed by atoms with van der Waals surface area (Å²) in [6.45, 7) is 9.45. The molecule has 0 aromatic rings. The minimum absolute atomic E-state index is 0.151. The number of hydrogen-bond acceptors (Lipinski definition) is 4. The van der Waals surface area contributed by atoms with Crippen molar-refractivity contribution in [3.8, 4) is 0 Å². The summed E-state index contributed by atoms with van der Waals surface area (Å²) in [6.07, 6.45) is -0.418. The van der Waals surface area contributed by atoms with E-state index in [1.807, 2.05) is 0 Å². The Bertz CT molecular complexity index is 268. The van der Waals surface area contributed by atoms with Crippen LogP contribution in [0.5, 0.6) is 0 Å². The molecule has 0 aromatic heterocycles. The Morgan fingerprint density at radius 3 is 2.18 bits per heavy atom. The fourth-order valence-electron chi connectivity index (χ4n) is 0.881. The van der Waals surface area contributed by atoms with Gasteiger partial charge in [-0.1, -0.05) is 13.8 Å². The molecule has 0 aliphatic rings. The highest BCUT2D eigenvalue weighted by Gasteiger charge is 2.19. The molecule has 0 N–H and O–H groups in total. The van der Waals surface area contributed by atoms with Crippen LogP contribution in [0.3, 0.4) is 0 Å². The molecule has 0 aromatic carbocycles. The lowest BCUT2D eigenvalue weighted by atomic mass is 10.2. The van der Waals surface area contributed by atoms with Crippen molar-refractivity contribution in [3.63, 3.8) is 0 Å². The molecule has 0 atom stereocenters. The first-order valence-corrected chi connectivity index (χ1v) is 5.74. The smallest absolute Gasteiger partial charge is 0.410 e. The lowest BCUT2D eigenvalue weighted by Crippen LogP contribution is -2.36. The molecule has 0 bridgehead atoms. The molecule has 5 heteroatoms. The van der Waals surface area contributed by atoms with Gasteiger partial charge in [-0.2, -0.15) is 0 Å². The predicted molar refractivity (Wildman–Crippen MR) is 64.7 cm³/mol. The largest absolute Gasteiger partial charge is 0.464 e. The number of rotatable bonds is 4. The summed E-state index contributed by atoms with van der Waals surface area (Å²) >= 11 is 0. The zero-order valence-corrected chi connectivity index (χ0v) is 11.6. The van der Waals surface area contributed by atoms with E-state index in [4.69, 9.17) is 9.47 Å². The molecule has 0 spiro atoms. The Morgan fingerprint density at radius 1 is 1.24 bits per heavy atom. The molecule has 1 amide bonds. The van der Waals surface area contributed by atoms with Gasteiger partial charge in [-0.3, -0.25) is 4.79 Å². The average molecular weight is 245 g/mol. The molecule has 0 saturated heterocycles. The van der Waals surface area contributed by atoms with E-state index in [9.17, 15) is 9.59 Å². The predicted octanol–water partition coefficient (Wildman–Crippen LogP) is 2.05. The summed E-state index contributed by atoms with van der Waals surface area (Å²) < 4.78 is 10.1. The Balaban J connectivity index is 3.91. The van der Waals surface area contributed by atoms with Crippen LogP contribution in [-0.4, -0.2) is 42.8 Å². The molecular formula is C12H23NO4. The number of hydrogen-bond donors (Lipinski definition) is 0. The number of amides is 1. The molecule has 0 fully saturated rings. The highest BCUT2D eigenvalue weighted by atomic mass is 16.6. The third-order valence-corrected chi connectivity index (χ3v) is 1.85. The van der Waals surface area contributed by atoms with E-state index in [2.05, 4.69) is 0 Å². The third-order valence-electron chi connectivity index (χ3n) is 1.85. The van der Waals surface area contributed by atoms with E-state index in [0.29, 0.717) is 6.54 Å². The van der Waals surface area contributed by atoms with Crippen molar-refractivity contribution < 1.29 is 19.1 Å². The lowest BCUT2D eigenvalue weighted by molar-refractivity contribution is -0.147. The van der Waals surface area contributed by atoms with Gasteiger partial charge in [0.15, 0.2) is 0 Å². The fourth-order valence-corrected chi connectivity index (χ4v) is 0.881. The first-order chi connectivity index (χ1) is 7.63. The average Bonchev–Trinajstić information content (AvgIpc) is 2.14. The summed E-state index contributed by atoms with van der Waals surface area (Å²) in [5.74, 6) is -0.413. The van der Waals surface area contributed by atoms with Crippen molar-refractivity contribution in [1.29, 1.82) is 0 Å². The highest BCUT2D eigenvalue weighted by molar-refractivity contribution is 5.71. The Labute approximate surface area is 103 Å². The first-order valence-electron chi connectivity index (χ1n) is 5.74. The van der Waals surface area contributed by atoms with Gasteiger partial charge in [-0.15, -0.1) is 0 Å². The van der Waals surface area contributed by atoms with Crippen LogP contribution in [0.1, 0.15) is 34.6 Å². The van der Waals surface area contributed by atoms with Gasteiger partial charge in [-0.05, 0) is 20.8 Å². The molecule has 0 radical (unpaired) electrons. The van der Waals surface area contributed by atoms with E-state index < -0.39 is 11.7 Å². The molecule has 0 saturated carbocycles. The molecule has 5 nitrogen and oxygen atoms in total. The Hall–Kier alpha value is -1.26. The number of carbonyl (C=O) groups excluding carboxylic acids is 2. The number of nitrogens with zero attached hydrogens (tertiary/aromatic N) is 1. The summed E-state index contributed by atoms with van der Waals surface area (Å²) in [4.78, 5) is 24.1. The van der Waals surface area contributed by atoms with Crippen LogP contribution in [0.4, 0.5) is 4.79 Å². The normalized spacial score (nSPS) is 11.2. The van der Waals surface area contributed by atoms with Crippen LogP contribution in [0, 0.1) is 5.92 Å². The number of carbonyl (C=O) groups is 2. The molecular weight excluding hydrogens is 222 g/mol. The quantitative estimate of drug-likeness (QED) is 0.711. The third kappa shape index (κ3) is 7.60. The fraction of sp³-hybridized carbons (Fsp3) is 0.833. The summed E-state index contributed by atoms with van der Waals surface area (Å²) in [5, 5.41) is 0. The van der Waals surface area contributed by atoms with Gasteiger partial charge in [0, 0.05) is 7.05 Å². The van der Waals surface area contributed by atoms with Gasteiger partial charge in [0.1, 0.15) is 12.2 Å². The Morgan fingerprint density at radius 2 is 1.76 bits per heavy atom. The SMILES string of the molecule is CC(C)C(=O)OCCN(C)C(=O)OC(C)(C)C. The molecule has 0 aliphatic carbocycles. The molecule has 0 aliphatic heterocycles. The van der Waals surface area contributed by atoms with Gasteiger partial charge in [0.25, 0.3) is 0 Å². The summed E-state index contributed by atoms with van der Waals surface area (Å²) in [6, 6.07) is 0. The number of likely N-dealkylation sites (N-methyl/N-ethyl adjacent to an activating group) is 1. The minimum Gasteiger partial charge on any atom is -0.464 e. The highest BCUT2D eigenvalue weighted by Crippen LogP contribution is 2.08. The number of esters is 1. The van der Waals surface area contributed by atoms with E-state index >= 15 is 0 Å². The van der Waals surface area contributed by atoms with E-state index in [1.54, 1.807) is 41.7 Å². The van der Waals surface area contributed by atoms with Crippen molar-refractivity contribution in [3.05, 3.63) is 0 Å². The van der Waals surface area contributed by atoms with Crippen LogP contribution in [0.15, 0.2) is 0 Å². The molecule has 100 valence electrons. The number of ether oxygens (including phenoxy) is 2. The van der Waals surface area contributed by atoms with Crippen molar-refractivity contribution >= 4 is 12.1 Å². The van der Waals surface area contributed by atoms with Gasteiger partial charge < -0.3 is 14.4 Å². The van der Waals surface area contributed by atoms with Gasteiger partial charge >= 0.3 is 12.1 Å². The van der Waals surface area contributed by atoms with Gasteiger partial charge in [-0.25, -0.2) is 4.79 Å². The van der Waals surface area contributed by atoms with E-state index in [-0.39, 0.29) is 18.5 Å². The second-order valence-electron chi connectivity index (χ2n) is 5.22. The molecule has 0 heterocycles. The first kappa shape index (κ1) is 15.7. The van der Waals surface area contributed by atoms with E-state index in [1.165, 1.54) is 4.90 Å². The standard InChI is InChI=1S/C12H23NO4/c1-9(2)10(14)16-8-7-13(6)11(15)17-12(3,4)5/h9H,7-8H2,1-6H3. The van der Waals surface area contributed by atoms with Crippen LogP contribution < -0.4 is 0 Å². The Kier molecular flexibility index (Phi) is 5.99. The topological polar surface area (TPSA) is 55.8 Å². The molecule has 0 rings (SSSR count). The van der Waals surface area contributed by atoms with Crippen LogP contribution in [-0.2, 0) is 14.3 Å². The maximum atomic E-state index is 11.5. The minimum atomic E-state index is -0.514.